The minimum Gasteiger partial charge on any atom is -0.772 e. The van der Waals surface area contributed by atoms with E-state index >= 15 is 0 Å². The first-order valence-corrected chi connectivity index (χ1v) is 12.1. The SMILES string of the molecule is CC(C)C(NC(=O)c1ccc(O)c(O)c1Cl)C(=O)N/N=C/[C@@](C)([C@H](C(=O)O)N1C(=O)C[C@H]1C)S(=O)[O-]. The largest absolute Gasteiger partial charge is 0.772 e. The number of nitrogens with one attached hydrogen (secondary N) is 2. The standard InChI is InChI=1S/C21H27ClN4O9S/c1-9(2)15(24-18(30)11-5-6-12(27)16(29)14(11)22)19(31)25-23-8-21(4,36(34)35)17(20(32)33)26-10(3)7-13(26)28/h5-6,8-10,15,17,27,29H,7H2,1-4H3,(H,24,30)(H,25,31)(H,32,33)(H,34,35)/p-1/b23-8+/t10-,15?,17+,21+/m1/s1. The Morgan fingerprint density at radius 3 is 2.42 bits per heavy atom. The number of aliphatic carboxylic acids is 1. The number of benzene rings is 1. The van der Waals surface area contributed by atoms with Crippen molar-refractivity contribution < 1.29 is 43.3 Å². The number of carbonyl (C=O) groups excluding carboxylic acids is 3. The lowest BCUT2D eigenvalue weighted by molar-refractivity contribution is -0.161. The van der Waals surface area contributed by atoms with Crippen LogP contribution in [0.25, 0.3) is 0 Å². The summed E-state index contributed by atoms with van der Waals surface area (Å²) >= 11 is 2.82. The van der Waals surface area contributed by atoms with Crippen LogP contribution in [0.1, 0.15) is 44.5 Å². The molecular weight excluding hydrogens is 520 g/mol. The number of rotatable bonds is 10. The second kappa shape index (κ2) is 11.2. The molecule has 3 amide bonds. The van der Waals surface area contributed by atoms with E-state index in [4.69, 9.17) is 11.6 Å². The normalized spacial score (nSPS) is 19.8. The minimum absolute atomic E-state index is 0.0673. The number of hydrogen-bond donors (Lipinski definition) is 5. The Kier molecular flexibility index (Phi) is 9.04. The summed E-state index contributed by atoms with van der Waals surface area (Å²) < 4.78 is 21.8. The molecule has 15 heteroatoms. The van der Waals surface area contributed by atoms with E-state index in [2.05, 4.69) is 15.8 Å². The Morgan fingerprint density at radius 2 is 1.94 bits per heavy atom. The van der Waals surface area contributed by atoms with Gasteiger partial charge >= 0.3 is 5.97 Å². The summed E-state index contributed by atoms with van der Waals surface area (Å²) in [7, 11) is 0. The van der Waals surface area contributed by atoms with E-state index in [0.717, 1.165) is 24.0 Å². The van der Waals surface area contributed by atoms with Crippen molar-refractivity contribution in [3.05, 3.63) is 22.7 Å². The molecule has 1 aromatic rings. The summed E-state index contributed by atoms with van der Waals surface area (Å²) in [5.41, 5.74) is 1.86. The van der Waals surface area contributed by atoms with Crippen molar-refractivity contribution in [2.75, 3.05) is 0 Å². The summed E-state index contributed by atoms with van der Waals surface area (Å²) in [5, 5.41) is 34.4. The zero-order valence-electron chi connectivity index (χ0n) is 19.7. The Balaban J connectivity index is 2.24. The van der Waals surface area contributed by atoms with Crippen LogP contribution in [0.15, 0.2) is 17.2 Å². The molecule has 1 fully saturated rings. The van der Waals surface area contributed by atoms with E-state index < -0.39 is 80.1 Å². The van der Waals surface area contributed by atoms with Crippen molar-refractivity contribution in [3.8, 4) is 11.5 Å². The number of phenolic OH excluding ortho intramolecular Hbond substituents is 2. The van der Waals surface area contributed by atoms with E-state index in [1.165, 1.54) is 0 Å². The number of nitrogens with zero attached hydrogens (tertiary/aromatic N) is 2. The smallest absolute Gasteiger partial charge is 0.328 e. The van der Waals surface area contributed by atoms with Crippen LogP contribution in [0.5, 0.6) is 11.5 Å². The molecular formula is C21H26ClN4O9S-. The predicted molar refractivity (Wildman–Crippen MR) is 127 cm³/mol. The lowest BCUT2D eigenvalue weighted by Crippen LogP contribution is -2.67. The van der Waals surface area contributed by atoms with Crippen molar-refractivity contribution >= 4 is 52.6 Å². The maximum atomic E-state index is 12.7. The zero-order chi connectivity index (χ0) is 27.5. The number of hydrogen-bond acceptors (Lipinski definition) is 9. The van der Waals surface area contributed by atoms with E-state index in [0.29, 0.717) is 6.21 Å². The average molecular weight is 546 g/mol. The monoisotopic (exact) mass is 545 g/mol. The van der Waals surface area contributed by atoms with Crippen LogP contribution in [-0.4, -0.2) is 81.8 Å². The van der Waals surface area contributed by atoms with E-state index in [1.54, 1.807) is 20.8 Å². The highest BCUT2D eigenvalue weighted by Crippen LogP contribution is 2.35. The Bertz CT molecular complexity index is 1130. The van der Waals surface area contributed by atoms with Crippen LogP contribution >= 0.6 is 11.6 Å². The molecule has 0 saturated carbocycles. The molecule has 5 N–H and O–H groups in total. The number of carbonyl (C=O) groups is 4. The van der Waals surface area contributed by atoms with Crippen LogP contribution in [0.4, 0.5) is 0 Å². The van der Waals surface area contributed by atoms with Crippen molar-refractivity contribution in [1.29, 1.82) is 0 Å². The van der Waals surface area contributed by atoms with Gasteiger partial charge < -0.3 is 30.1 Å². The Morgan fingerprint density at radius 1 is 1.33 bits per heavy atom. The zero-order valence-corrected chi connectivity index (χ0v) is 21.3. The molecule has 1 saturated heterocycles. The molecule has 1 aliphatic rings. The fourth-order valence-corrected chi connectivity index (χ4v) is 4.39. The van der Waals surface area contributed by atoms with Gasteiger partial charge in [-0.1, -0.05) is 25.4 Å². The average Bonchev–Trinajstić information content (AvgIpc) is 2.78. The molecule has 198 valence electrons. The molecule has 13 nitrogen and oxygen atoms in total. The third kappa shape index (κ3) is 5.77. The van der Waals surface area contributed by atoms with Crippen LogP contribution in [0, 0.1) is 5.92 Å². The van der Waals surface area contributed by atoms with Gasteiger partial charge in [0.15, 0.2) is 17.5 Å². The molecule has 0 radical (unpaired) electrons. The second-order valence-corrected chi connectivity index (χ2v) is 10.5. The molecule has 36 heavy (non-hydrogen) atoms. The van der Waals surface area contributed by atoms with Crippen molar-refractivity contribution in [1.82, 2.24) is 15.6 Å². The van der Waals surface area contributed by atoms with Crippen LogP contribution < -0.4 is 10.7 Å². The molecule has 1 aromatic carbocycles. The number of phenols is 2. The number of carboxylic acids is 1. The number of amides is 3. The summed E-state index contributed by atoms with van der Waals surface area (Å²) in [4.78, 5) is 50.1. The lowest BCUT2D eigenvalue weighted by atomic mass is 9.92. The van der Waals surface area contributed by atoms with Gasteiger partial charge in [0.1, 0.15) is 6.04 Å². The van der Waals surface area contributed by atoms with Gasteiger partial charge in [-0.05, 0) is 43.0 Å². The lowest BCUT2D eigenvalue weighted by Gasteiger charge is -2.48. The maximum absolute atomic E-state index is 12.7. The molecule has 0 bridgehead atoms. The summed E-state index contributed by atoms with van der Waals surface area (Å²) in [5.74, 6) is -5.58. The first-order chi connectivity index (χ1) is 16.6. The minimum atomic E-state index is -3.07. The maximum Gasteiger partial charge on any atom is 0.328 e. The fourth-order valence-electron chi connectivity index (χ4n) is 3.61. The molecule has 2 rings (SSSR count). The van der Waals surface area contributed by atoms with E-state index in [9.17, 15) is 43.3 Å². The molecule has 0 spiro atoms. The van der Waals surface area contributed by atoms with Gasteiger partial charge in [-0.25, -0.2) is 10.2 Å². The van der Waals surface area contributed by atoms with Crippen molar-refractivity contribution in [3.63, 3.8) is 0 Å². The molecule has 1 heterocycles. The van der Waals surface area contributed by atoms with Crippen LogP contribution in [0.3, 0.4) is 0 Å². The first kappa shape index (κ1) is 29.0. The Labute approximate surface area is 213 Å². The number of hydrazone groups is 1. The summed E-state index contributed by atoms with van der Waals surface area (Å²) in [6.45, 7) is 5.81. The van der Waals surface area contributed by atoms with Gasteiger partial charge in [0, 0.05) is 18.7 Å². The first-order valence-electron chi connectivity index (χ1n) is 10.6. The summed E-state index contributed by atoms with van der Waals surface area (Å²) in [6.07, 6.45) is 0.775. The highest BCUT2D eigenvalue weighted by Gasteiger charge is 2.51. The second-order valence-electron chi connectivity index (χ2n) is 8.74. The van der Waals surface area contributed by atoms with Crippen LogP contribution in [0.2, 0.25) is 5.02 Å². The van der Waals surface area contributed by atoms with E-state index in [-0.39, 0.29) is 12.0 Å². The van der Waals surface area contributed by atoms with Gasteiger partial charge in [0.05, 0.1) is 15.3 Å². The fraction of sp³-hybridized carbons (Fsp3) is 0.476. The van der Waals surface area contributed by atoms with Gasteiger partial charge in [0.25, 0.3) is 11.8 Å². The van der Waals surface area contributed by atoms with Gasteiger partial charge in [-0.3, -0.25) is 18.6 Å². The molecule has 0 aliphatic carbocycles. The number of β-lactam (4-membered cyclic amide) rings is 1. The van der Waals surface area contributed by atoms with Gasteiger partial charge in [-0.2, -0.15) is 5.10 Å². The highest BCUT2D eigenvalue weighted by atomic mass is 35.5. The summed E-state index contributed by atoms with van der Waals surface area (Å²) in [6, 6.07) is -1.33. The third-order valence-electron chi connectivity index (χ3n) is 5.72. The molecule has 0 aromatic heterocycles. The third-order valence-corrected chi connectivity index (χ3v) is 7.15. The Hall–Kier alpha value is -3.23. The van der Waals surface area contributed by atoms with Crippen LogP contribution in [-0.2, 0) is 25.5 Å². The predicted octanol–water partition coefficient (Wildman–Crippen LogP) is 0.319. The van der Waals surface area contributed by atoms with Gasteiger partial charge in [0.2, 0.25) is 5.91 Å². The van der Waals surface area contributed by atoms with E-state index in [1.807, 2.05) is 0 Å². The number of aromatic hydroxyl groups is 2. The van der Waals surface area contributed by atoms with Crippen molar-refractivity contribution in [2.45, 2.75) is 57.0 Å². The topological polar surface area (TPSA) is 209 Å². The highest BCUT2D eigenvalue weighted by molar-refractivity contribution is 7.81. The quantitative estimate of drug-likeness (QED) is 0.0899. The molecule has 5 atom stereocenters. The number of likely N-dealkylation sites (tertiary alicyclic amines) is 1. The molecule has 1 aliphatic heterocycles. The molecule has 2 unspecified atom stereocenters. The number of carboxylic acid groups (broad SMARTS) is 1. The van der Waals surface area contributed by atoms with Crippen molar-refractivity contribution in [2.24, 2.45) is 11.0 Å². The number of halogens is 1. The van der Waals surface area contributed by atoms with Gasteiger partial charge in [-0.15, -0.1) is 0 Å².